The van der Waals surface area contributed by atoms with Crippen molar-refractivity contribution in [1.82, 2.24) is 9.55 Å². The van der Waals surface area contributed by atoms with Crippen LogP contribution in [-0.4, -0.2) is 23.8 Å². The molecule has 1 N–H and O–H groups in total. The van der Waals surface area contributed by atoms with E-state index in [0.717, 1.165) is 18.2 Å². The summed E-state index contributed by atoms with van der Waals surface area (Å²) in [6.07, 6.45) is 1.36. The van der Waals surface area contributed by atoms with Gasteiger partial charge in [-0.25, -0.2) is 13.2 Å². The summed E-state index contributed by atoms with van der Waals surface area (Å²) in [5.74, 6) is -2.00. The molecule has 152 valence electrons. The third kappa shape index (κ3) is 4.50. The first-order chi connectivity index (χ1) is 13.8. The Hall–Kier alpha value is -3.49. The van der Waals surface area contributed by atoms with Crippen LogP contribution in [0.4, 0.5) is 24.8 Å². The monoisotopic (exact) mass is 405 g/mol. The van der Waals surface area contributed by atoms with Gasteiger partial charge in [-0.15, -0.1) is 0 Å². The van der Waals surface area contributed by atoms with Gasteiger partial charge in [0, 0.05) is 17.8 Å². The normalized spacial score (nSPS) is 10.7. The van der Waals surface area contributed by atoms with Crippen molar-refractivity contribution >= 4 is 11.6 Å². The summed E-state index contributed by atoms with van der Waals surface area (Å²) in [4.78, 5) is 16.0. The fourth-order valence-electron chi connectivity index (χ4n) is 2.80. The van der Waals surface area contributed by atoms with E-state index in [2.05, 4.69) is 10.3 Å². The van der Waals surface area contributed by atoms with Crippen molar-refractivity contribution < 1.29 is 22.6 Å². The Bertz CT molecular complexity index is 1100. The van der Waals surface area contributed by atoms with Gasteiger partial charge in [-0.2, -0.15) is 4.98 Å². The van der Waals surface area contributed by atoms with Gasteiger partial charge in [-0.05, 0) is 36.2 Å². The number of ether oxygens (including phenoxy) is 2. The molecule has 2 aromatic carbocycles. The minimum absolute atomic E-state index is 0.0155. The van der Waals surface area contributed by atoms with E-state index in [1.807, 2.05) is 0 Å². The summed E-state index contributed by atoms with van der Waals surface area (Å²) < 4.78 is 52.6. The molecule has 9 heteroatoms. The molecule has 0 bridgehead atoms. The van der Waals surface area contributed by atoms with Crippen molar-refractivity contribution in [3.63, 3.8) is 0 Å². The number of hydrogen-bond acceptors (Lipinski definition) is 5. The van der Waals surface area contributed by atoms with E-state index in [9.17, 15) is 18.0 Å². The van der Waals surface area contributed by atoms with E-state index < -0.39 is 23.0 Å². The number of anilines is 2. The predicted octanol–water partition coefficient (Wildman–Crippen LogP) is 3.78. The molecule has 1 heterocycles. The third-order valence-electron chi connectivity index (χ3n) is 4.20. The van der Waals surface area contributed by atoms with Crippen molar-refractivity contribution in [3.8, 4) is 11.5 Å². The predicted molar refractivity (Wildman–Crippen MR) is 101 cm³/mol. The molecular formula is C20H18F3N3O3. The Balaban J connectivity index is 2.05. The average molecular weight is 405 g/mol. The first-order valence-electron chi connectivity index (χ1n) is 8.52. The van der Waals surface area contributed by atoms with Crippen molar-refractivity contribution in [3.05, 3.63) is 75.5 Å². The standard InChI is InChI=1S/C20H18F3N3O3/c1-11-4-17(28-2)15(23)8-16(11)24-20-25-19(27)18(29-3)10-26(20)9-12-5-13(21)7-14(22)6-12/h4-8,10H,9H2,1-3H3,(H,24,25,27). The molecule has 0 amide bonds. The van der Waals surface area contributed by atoms with E-state index in [1.165, 1.54) is 37.1 Å². The van der Waals surface area contributed by atoms with E-state index in [4.69, 9.17) is 9.47 Å². The van der Waals surface area contributed by atoms with Gasteiger partial charge in [0.25, 0.3) is 0 Å². The maximum Gasteiger partial charge on any atom is 0.316 e. The molecule has 0 aliphatic carbocycles. The molecule has 0 aliphatic rings. The minimum atomic E-state index is -0.733. The van der Waals surface area contributed by atoms with Gasteiger partial charge in [0.15, 0.2) is 11.6 Å². The molecule has 0 saturated carbocycles. The van der Waals surface area contributed by atoms with Crippen LogP contribution in [0, 0.1) is 24.4 Å². The molecule has 29 heavy (non-hydrogen) atoms. The third-order valence-corrected chi connectivity index (χ3v) is 4.20. The highest BCUT2D eigenvalue weighted by molar-refractivity contribution is 5.60. The Kier molecular flexibility index (Phi) is 5.76. The second-order valence-electron chi connectivity index (χ2n) is 6.27. The highest BCUT2D eigenvalue weighted by Gasteiger charge is 2.14. The fourth-order valence-corrected chi connectivity index (χ4v) is 2.80. The van der Waals surface area contributed by atoms with Crippen molar-refractivity contribution in [1.29, 1.82) is 0 Å². The van der Waals surface area contributed by atoms with Crippen LogP contribution in [0.3, 0.4) is 0 Å². The zero-order valence-corrected chi connectivity index (χ0v) is 15.9. The smallest absolute Gasteiger partial charge is 0.316 e. The average Bonchev–Trinajstić information content (AvgIpc) is 2.65. The number of hydrogen-bond donors (Lipinski definition) is 1. The SMILES string of the molecule is COc1cc(C)c(Nc2nc(=O)c(OC)cn2Cc2cc(F)cc(F)c2)cc1F. The summed E-state index contributed by atoms with van der Waals surface area (Å²) in [5.41, 5.74) is 0.634. The first kappa shape index (κ1) is 20.2. The molecule has 0 aliphatic heterocycles. The van der Waals surface area contributed by atoms with E-state index >= 15 is 0 Å². The molecule has 3 aromatic rings. The van der Waals surface area contributed by atoms with Crippen LogP contribution in [0.15, 0.2) is 41.3 Å². The van der Waals surface area contributed by atoms with Gasteiger partial charge in [0.2, 0.25) is 11.7 Å². The van der Waals surface area contributed by atoms with Gasteiger partial charge in [-0.1, -0.05) is 0 Å². The van der Waals surface area contributed by atoms with Gasteiger partial charge in [0.1, 0.15) is 11.6 Å². The number of rotatable bonds is 6. The highest BCUT2D eigenvalue weighted by atomic mass is 19.1. The van der Waals surface area contributed by atoms with Crippen LogP contribution in [0.5, 0.6) is 11.5 Å². The van der Waals surface area contributed by atoms with E-state index in [0.29, 0.717) is 16.8 Å². The number of halogens is 3. The summed E-state index contributed by atoms with van der Waals surface area (Å²) in [6.45, 7) is 1.70. The molecular weight excluding hydrogens is 387 g/mol. The molecule has 0 saturated heterocycles. The molecule has 0 atom stereocenters. The van der Waals surface area contributed by atoms with Crippen molar-refractivity contribution in [2.24, 2.45) is 0 Å². The summed E-state index contributed by atoms with van der Waals surface area (Å²) in [7, 11) is 2.66. The quantitative estimate of drug-likeness (QED) is 0.676. The van der Waals surface area contributed by atoms with Crippen LogP contribution in [0.2, 0.25) is 0 Å². The second kappa shape index (κ2) is 8.26. The van der Waals surface area contributed by atoms with Gasteiger partial charge in [-0.3, -0.25) is 4.79 Å². The first-order valence-corrected chi connectivity index (χ1v) is 8.52. The Morgan fingerprint density at radius 2 is 1.66 bits per heavy atom. The number of aromatic nitrogens is 2. The molecule has 0 unspecified atom stereocenters. The number of methoxy groups -OCH3 is 2. The molecule has 0 spiro atoms. The van der Waals surface area contributed by atoms with E-state index in [-0.39, 0.29) is 24.0 Å². The van der Waals surface area contributed by atoms with Gasteiger partial charge >= 0.3 is 5.56 Å². The lowest BCUT2D eigenvalue weighted by Gasteiger charge is -2.17. The summed E-state index contributed by atoms with van der Waals surface area (Å²) >= 11 is 0. The maximum atomic E-state index is 14.1. The van der Waals surface area contributed by atoms with Crippen LogP contribution < -0.4 is 20.3 Å². The molecule has 3 rings (SSSR count). The summed E-state index contributed by atoms with van der Waals surface area (Å²) in [5, 5.41) is 2.89. The van der Waals surface area contributed by atoms with Crippen LogP contribution in [0.25, 0.3) is 0 Å². The molecule has 6 nitrogen and oxygen atoms in total. The minimum Gasteiger partial charge on any atom is -0.494 e. The lowest BCUT2D eigenvalue weighted by atomic mass is 10.2. The zero-order valence-electron chi connectivity index (χ0n) is 15.9. The van der Waals surface area contributed by atoms with Crippen LogP contribution in [0.1, 0.15) is 11.1 Å². The van der Waals surface area contributed by atoms with Crippen molar-refractivity contribution in [2.45, 2.75) is 13.5 Å². The Morgan fingerprint density at radius 1 is 1.00 bits per heavy atom. The lowest BCUT2D eigenvalue weighted by molar-refractivity contribution is 0.386. The Labute approximate surface area is 164 Å². The molecule has 0 fully saturated rings. The van der Waals surface area contributed by atoms with Crippen LogP contribution in [-0.2, 0) is 6.54 Å². The van der Waals surface area contributed by atoms with Gasteiger partial charge < -0.3 is 19.4 Å². The molecule has 1 aromatic heterocycles. The van der Waals surface area contributed by atoms with Crippen molar-refractivity contribution in [2.75, 3.05) is 19.5 Å². The largest absolute Gasteiger partial charge is 0.494 e. The van der Waals surface area contributed by atoms with Crippen LogP contribution >= 0.6 is 0 Å². The summed E-state index contributed by atoms with van der Waals surface area (Å²) in [6, 6.07) is 5.78. The number of benzene rings is 2. The number of nitrogens with zero attached hydrogens (tertiary/aromatic N) is 2. The zero-order chi connectivity index (χ0) is 21.1. The number of aryl methyl sites for hydroxylation is 1. The lowest BCUT2D eigenvalue weighted by Crippen LogP contribution is -2.19. The maximum absolute atomic E-state index is 14.1. The van der Waals surface area contributed by atoms with E-state index in [1.54, 1.807) is 6.92 Å². The second-order valence-corrected chi connectivity index (χ2v) is 6.27. The number of nitrogens with one attached hydrogen (secondary N) is 1. The fraction of sp³-hybridized carbons (Fsp3) is 0.200. The molecule has 0 radical (unpaired) electrons. The highest BCUT2D eigenvalue weighted by Crippen LogP contribution is 2.27. The Morgan fingerprint density at radius 3 is 2.28 bits per heavy atom. The topological polar surface area (TPSA) is 65.4 Å². The van der Waals surface area contributed by atoms with Gasteiger partial charge in [0.05, 0.1) is 27.0 Å².